The van der Waals surface area contributed by atoms with Gasteiger partial charge in [0.1, 0.15) is 0 Å². The second kappa shape index (κ2) is 9.36. The van der Waals surface area contributed by atoms with Gasteiger partial charge in [-0.3, -0.25) is 4.79 Å². The normalized spacial score (nSPS) is 16.2. The number of sulfonamides is 1. The van der Waals surface area contributed by atoms with Crippen molar-refractivity contribution in [1.29, 1.82) is 0 Å². The summed E-state index contributed by atoms with van der Waals surface area (Å²) in [6.07, 6.45) is 1.10. The third-order valence-corrected chi connectivity index (χ3v) is 8.43. The Kier molecular flexibility index (Phi) is 7.15. The second-order valence-electron chi connectivity index (χ2n) is 10.1. The first-order chi connectivity index (χ1) is 14.9. The van der Waals surface area contributed by atoms with E-state index < -0.39 is 10.0 Å². The molecule has 0 atom stereocenters. The van der Waals surface area contributed by atoms with Crippen LogP contribution in [0.1, 0.15) is 55.9 Å². The van der Waals surface area contributed by atoms with E-state index in [0.717, 1.165) is 16.7 Å². The molecule has 1 heterocycles. The van der Waals surface area contributed by atoms with Gasteiger partial charge in [0.05, 0.1) is 4.90 Å². The van der Waals surface area contributed by atoms with Crippen LogP contribution in [0.5, 0.6) is 0 Å². The van der Waals surface area contributed by atoms with E-state index in [-0.39, 0.29) is 17.2 Å². The Balaban J connectivity index is 1.60. The number of amides is 1. The van der Waals surface area contributed by atoms with Gasteiger partial charge in [0.25, 0.3) is 0 Å². The molecule has 1 aliphatic heterocycles. The number of carbonyl (C=O) groups is 1. The topological polar surface area (TPSA) is 57.7 Å². The third kappa shape index (κ3) is 5.41. The van der Waals surface area contributed by atoms with Gasteiger partial charge in [-0.15, -0.1) is 0 Å². The number of aryl methyl sites for hydroxylation is 2. The number of hydrogen-bond donors (Lipinski definition) is 0. The van der Waals surface area contributed by atoms with E-state index in [1.165, 1.54) is 9.87 Å². The van der Waals surface area contributed by atoms with Crippen molar-refractivity contribution in [3.63, 3.8) is 0 Å². The minimum absolute atomic E-state index is 0.0912. The molecule has 3 rings (SSSR count). The predicted octanol–water partition coefficient (Wildman–Crippen LogP) is 4.66. The number of hydrogen-bond acceptors (Lipinski definition) is 3. The van der Waals surface area contributed by atoms with Crippen molar-refractivity contribution in [2.75, 3.05) is 20.1 Å². The van der Waals surface area contributed by atoms with Crippen molar-refractivity contribution >= 4 is 15.9 Å². The summed E-state index contributed by atoms with van der Waals surface area (Å²) in [6.45, 7) is 11.7. The van der Waals surface area contributed by atoms with E-state index in [2.05, 4.69) is 45.0 Å². The fourth-order valence-corrected chi connectivity index (χ4v) is 6.02. The van der Waals surface area contributed by atoms with E-state index in [1.54, 1.807) is 11.0 Å². The SMILES string of the molecule is Cc1ccc(S(=O)(=O)N2CCC(C(=O)N(C)Cc3ccc(C(C)(C)C)cc3)CC2)c(C)c1. The van der Waals surface area contributed by atoms with Crippen LogP contribution in [0.15, 0.2) is 47.4 Å². The third-order valence-electron chi connectivity index (χ3n) is 6.37. The lowest BCUT2D eigenvalue weighted by molar-refractivity contribution is -0.135. The molecule has 0 spiro atoms. The first-order valence-corrected chi connectivity index (χ1v) is 12.8. The molecule has 0 unspecified atom stereocenters. The molecule has 0 aromatic heterocycles. The van der Waals surface area contributed by atoms with Crippen LogP contribution >= 0.6 is 0 Å². The van der Waals surface area contributed by atoms with E-state index in [1.807, 2.05) is 33.0 Å². The van der Waals surface area contributed by atoms with Gasteiger partial charge in [-0.2, -0.15) is 4.31 Å². The molecule has 5 nitrogen and oxygen atoms in total. The number of piperidine rings is 1. The predicted molar refractivity (Wildman–Crippen MR) is 129 cm³/mol. The molecule has 0 bridgehead atoms. The molecule has 174 valence electrons. The lowest BCUT2D eigenvalue weighted by atomic mass is 9.86. The Morgan fingerprint density at radius 2 is 1.62 bits per heavy atom. The van der Waals surface area contributed by atoms with Crippen molar-refractivity contribution in [2.45, 2.75) is 64.3 Å². The number of benzene rings is 2. The molecular formula is C26H36N2O3S. The van der Waals surface area contributed by atoms with Crippen LogP contribution in [0, 0.1) is 19.8 Å². The molecule has 32 heavy (non-hydrogen) atoms. The lowest BCUT2D eigenvalue weighted by Gasteiger charge is -2.33. The van der Waals surface area contributed by atoms with Crippen LogP contribution < -0.4 is 0 Å². The van der Waals surface area contributed by atoms with Crippen LogP contribution in [0.25, 0.3) is 0 Å². The summed E-state index contributed by atoms with van der Waals surface area (Å²) in [5.74, 6) is -0.0483. The van der Waals surface area contributed by atoms with E-state index in [0.29, 0.717) is 37.4 Å². The molecule has 0 N–H and O–H groups in total. The molecule has 0 radical (unpaired) electrons. The zero-order chi connectivity index (χ0) is 23.7. The molecule has 0 aliphatic carbocycles. The highest BCUT2D eigenvalue weighted by molar-refractivity contribution is 7.89. The van der Waals surface area contributed by atoms with Crippen LogP contribution in [-0.4, -0.2) is 43.7 Å². The molecular weight excluding hydrogens is 420 g/mol. The largest absolute Gasteiger partial charge is 0.341 e. The van der Waals surface area contributed by atoms with Crippen LogP contribution in [0.2, 0.25) is 0 Å². The van der Waals surface area contributed by atoms with E-state index in [9.17, 15) is 13.2 Å². The van der Waals surface area contributed by atoms with Crippen molar-refractivity contribution in [3.8, 4) is 0 Å². The number of rotatable bonds is 5. The van der Waals surface area contributed by atoms with Crippen molar-refractivity contribution in [3.05, 3.63) is 64.7 Å². The highest BCUT2D eigenvalue weighted by Crippen LogP contribution is 2.27. The van der Waals surface area contributed by atoms with Gasteiger partial charge in [-0.1, -0.05) is 62.7 Å². The van der Waals surface area contributed by atoms with Gasteiger partial charge < -0.3 is 4.90 Å². The molecule has 1 aliphatic rings. The Labute approximate surface area is 193 Å². The number of nitrogens with zero attached hydrogens (tertiary/aromatic N) is 2. The summed E-state index contributed by atoms with van der Waals surface area (Å²) >= 11 is 0. The minimum Gasteiger partial charge on any atom is -0.341 e. The Morgan fingerprint density at radius 3 is 2.16 bits per heavy atom. The Bertz CT molecular complexity index is 1060. The summed E-state index contributed by atoms with van der Waals surface area (Å²) in [5, 5.41) is 0. The monoisotopic (exact) mass is 456 g/mol. The van der Waals surface area contributed by atoms with Gasteiger partial charge in [-0.05, 0) is 54.9 Å². The summed E-state index contributed by atoms with van der Waals surface area (Å²) in [7, 11) is -1.70. The zero-order valence-electron chi connectivity index (χ0n) is 20.2. The summed E-state index contributed by atoms with van der Waals surface area (Å²) in [5.41, 5.74) is 4.28. The zero-order valence-corrected chi connectivity index (χ0v) is 21.0. The molecule has 1 amide bonds. The maximum atomic E-state index is 13.1. The fraction of sp³-hybridized carbons (Fsp3) is 0.500. The van der Waals surface area contributed by atoms with Gasteiger partial charge in [0.2, 0.25) is 15.9 Å². The molecule has 2 aromatic rings. The summed E-state index contributed by atoms with van der Waals surface area (Å²) < 4.78 is 27.7. The van der Waals surface area contributed by atoms with Crippen LogP contribution in [-0.2, 0) is 26.8 Å². The first kappa shape index (κ1) is 24.5. The Hall–Kier alpha value is -2.18. The van der Waals surface area contributed by atoms with E-state index >= 15 is 0 Å². The van der Waals surface area contributed by atoms with Gasteiger partial charge in [0.15, 0.2) is 0 Å². The molecule has 2 aromatic carbocycles. The van der Waals surface area contributed by atoms with Gasteiger partial charge in [-0.25, -0.2) is 8.42 Å². The second-order valence-corrected chi connectivity index (χ2v) is 12.0. The average molecular weight is 457 g/mol. The lowest BCUT2D eigenvalue weighted by Crippen LogP contribution is -2.43. The summed E-state index contributed by atoms with van der Waals surface area (Å²) in [6, 6.07) is 13.8. The van der Waals surface area contributed by atoms with E-state index in [4.69, 9.17) is 0 Å². The maximum Gasteiger partial charge on any atom is 0.243 e. The maximum absolute atomic E-state index is 13.1. The van der Waals surface area contributed by atoms with Crippen LogP contribution in [0.3, 0.4) is 0 Å². The molecule has 6 heteroatoms. The van der Waals surface area contributed by atoms with Crippen molar-refractivity contribution in [1.82, 2.24) is 9.21 Å². The fourth-order valence-electron chi connectivity index (χ4n) is 4.34. The van der Waals surface area contributed by atoms with Gasteiger partial charge in [0, 0.05) is 32.6 Å². The van der Waals surface area contributed by atoms with Crippen molar-refractivity contribution < 1.29 is 13.2 Å². The summed E-state index contributed by atoms with van der Waals surface area (Å²) in [4.78, 5) is 15.1. The Morgan fingerprint density at radius 1 is 1.03 bits per heavy atom. The van der Waals surface area contributed by atoms with Gasteiger partial charge >= 0.3 is 0 Å². The quantitative estimate of drug-likeness (QED) is 0.657. The molecule has 1 fully saturated rings. The highest BCUT2D eigenvalue weighted by atomic mass is 32.2. The average Bonchev–Trinajstić information content (AvgIpc) is 2.72. The standard InChI is InChI=1S/C26H36N2O3S/c1-19-7-12-24(20(2)17-19)32(30,31)28-15-13-22(14-16-28)25(29)27(6)18-21-8-10-23(11-9-21)26(3,4)5/h7-12,17,22H,13-16,18H2,1-6H3. The van der Waals surface area contributed by atoms with Crippen molar-refractivity contribution in [2.24, 2.45) is 5.92 Å². The number of carbonyl (C=O) groups excluding carboxylic acids is 1. The minimum atomic E-state index is -3.54. The molecule has 1 saturated heterocycles. The highest BCUT2D eigenvalue weighted by Gasteiger charge is 2.33. The first-order valence-electron chi connectivity index (χ1n) is 11.3. The molecule has 0 saturated carbocycles. The smallest absolute Gasteiger partial charge is 0.243 e. The van der Waals surface area contributed by atoms with Crippen LogP contribution in [0.4, 0.5) is 0 Å².